The van der Waals surface area contributed by atoms with Crippen LogP contribution in [0.25, 0.3) is 0 Å². The van der Waals surface area contributed by atoms with Crippen LogP contribution in [0.5, 0.6) is 0 Å². The van der Waals surface area contributed by atoms with Crippen molar-refractivity contribution in [2.75, 3.05) is 5.32 Å². The molecule has 5 nitrogen and oxygen atoms in total. The average molecular weight is 406 g/mol. The van der Waals surface area contributed by atoms with Crippen molar-refractivity contribution in [3.05, 3.63) is 43.1 Å². The van der Waals surface area contributed by atoms with E-state index in [1.54, 1.807) is 6.07 Å². The highest BCUT2D eigenvalue weighted by Gasteiger charge is 2.15. The number of nitrogens with zero attached hydrogens (tertiary/aromatic N) is 1. The van der Waals surface area contributed by atoms with Crippen LogP contribution in [0, 0.1) is 0 Å². The lowest BCUT2D eigenvalue weighted by Gasteiger charge is -2.04. The maximum atomic E-state index is 12.0. The van der Waals surface area contributed by atoms with E-state index in [-0.39, 0.29) is 17.4 Å². The number of anilines is 1. The van der Waals surface area contributed by atoms with Gasteiger partial charge in [-0.2, -0.15) is 0 Å². The van der Waals surface area contributed by atoms with Crippen LogP contribution in [0.4, 0.5) is 5.82 Å². The molecule has 2 heterocycles. The van der Waals surface area contributed by atoms with Gasteiger partial charge in [0.1, 0.15) is 5.82 Å². The summed E-state index contributed by atoms with van der Waals surface area (Å²) in [6.45, 7) is 0. The van der Waals surface area contributed by atoms with E-state index >= 15 is 0 Å². The maximum Gasteiger partial charge on any atom is 0.354 e. The molecule has 0 unspecified atom stereocenters. The molecule has 2 aromatic heterocycles. The van der Waals surface area contributed by atoms with Gasteiger partial charge in [-0.3, -0.25) is 4.79 Å². The molecular weight excluding hydrogens is 400 g/mol. The summed E-state index contributed by atoms with van der Waals surface area (Å²) in [5.41, 5.74) is 0.336. The molecule has 19 heavy (non-hydrogen) atoms. The fraction of sp³-hybridized carbons (Fsp3) is 0. The minimum Gasteiger partial charge on any atom is -0.477 e. The highest BCUT2D eigenvalue weighted by molar-refractivity contribution is 9.12. The van der Waals surface area contributed by atoms with Gasteiger partial charge in [0.15, 0.2) is 5.69 Å². The van der Waals surface area contributed by atoms with Gasteiger partial charge in [-0.1, -0.05) is 6.07 Å². The van der Waals surface area contributed by atoms with Crippen molar-refractivity contribution in [3.63, 3.8) is 0 Å². The van der Waals surface area contributed by atoms with E-state index in [2.05, 4.69) is 42.2 Å². The summed E-state index contributed by atoms with van der Waals surface area (Å²) in [5, 5.41) is 11.4. The largest absolute Gasteiger partial charge is 0.477 e. The number of carboxylic acid groups (broad SMARTS) is 1. The van der Waals surface area contributed by atoms with Gasteiger partial charge in [0.25, 0.3) is 5.91 Å². The third kappa shape index (κ3) is 3.40. The van der Waals surface area contributed by atoms with Crippen molar-refractivity contribution in [1.29, 1.82) is 0 Å². The number of carbonyl (C=O) groups is 2. The first kappa shape index (κ1) is 14.2. The zero-order valence-electron chi connectivity index (χ0n) is 9.18. The molecule has 0 aliphatic carbocycles. The number of thiophene rings is 1. The van der Waals surface area contributed by atoms with Gasteiger partial charge >= 0.3 is 5.97 Å². The zero-order chi connectivity index (χ0) is 14.0. The van der Waals surface area contributed by atoms with Crippen LogP contribution in [-0.4, -0.2) is 22.0 Å². The van der Waals surface area contributed by atoms with Gasteiger partial charge in [-0.05, 0) is 50.1 Å². The Bertz CT molecular complexity index is 657. The van der Waals surface area contributed by atoms with Crippen molar-refractivity contribution >= 4 is 60.9 Å². The molecule has 0 atom stereocenters. The van der Waals surface area contributed by atoms with Crippen molar-refractivity contribution in [3.8, 4) is 0 Å². The number of halogens is 2. The van der Waals surface area contributed by atoms with Gasteiger partial charge < -0.3 is 10.4 Å². The van der Waals surface area contributed by atoms with Crippen LogP contribution in [0.15, 0.2) is 31.8 Å². The quantitative estimate of drug-likeness (QED) is 0.817. The normalized spacial score (nSPS) is 10.2. The second kappa shape index (κ2) is 5.81. The van der Waals surface area contributed by atoms with E-state index in [1.807, 2.05) is 0 Å². The molecule has 2 aromatic rings. The highest BCUT2D eigenvalue weighted by atomic mass is 79.9. The third-order valence-corrected chi connectivity index (χ3v) is 4.45. The predicted octanol–water partition coefficient (Wildman–Crippen LogP) is 3.62. The minimum absolute atomic E-state index is 0.122. The molecule has 1 amide bonds. The van der Waals surface area contributed by atoms with E-state index < -0.39 is 5.97 Å². The molecule has 8 heteroatoms. The molecular formula is C11H6Br2N2O3S. The number of amides is 1. The van der Waals surface area contributed by atoms with E-state index in [4.69, 9.17) is 5.11 Å². The number of aromatic nitrogens is 1. The Labute approximate surface area is 128 Å². The van der Waals surface area contributed by atoms with Gasteiger partial charge in [0.05, 0.1) is 13.1 Å². The Morgan fingerprint density at radius 1 is 1.32 bits per heavy atom. The van der Waals surface area contributed by atoms with E-state index in [0.717, 1.165) is 3.79 Å². The summed E-state index contributed by atoms with van der Waals surface area (Å²) in [5.74, 6) is -1.31. The van der Waals surface area contributed by atoms with Crippen LogP contribution >= 0.6 is 43.2 Å². The molecule has 0 radical (unpaired) electrons. The maximum absolute atomic E-state index is 12.0. The monoisotopic (exact) mass is 404 g/mol. The van der Waals surface area contributed by atoms with Crippen LogP contribution < -0.4 is 5.32 Å². The second-order valence-corrected chi connectivity index (χ2v) is 7.15. The first-order chi connectivity index (χ1) is 8.97. The van der Waals surface area contributed by atoms with Crippen LogP contribution in [-0.2, 0) is 0 Å². The first-order valence-corrected chi connectivity index (χ1v) is 7.34. The fourth-order valence-electron chi connectivity index (χ4n) is 1.30. The Morgan fingerprint density at radius 2 is 2.05 bits per heavy atom. The summed E-state index contributed by atoms with van der Waals surface area (Å²) < 4.78 is 1.50. The Hall–Kier alpha value is -1.25. The first-order valence-electron chi connectivity index (χ1n) is 4.94. The summed E-state index contributed by atoms with van der Waals surface area (Å²) in [6.07, 6.45) is 0. The smallest absolute Gasteiger partial charge is 0.354 e. The lowest BCUT2D eigenvalue weighted by atomic mass is 10.3. The minimum atomic E-state index is -1.14. The third-order valence-electron chi connectivity index (χ3n) is 2.11. The van der Waals surface area contributed by atoms with Gasteiger partial charge in [-0.25, -0.2) is 9.78 Å². The fourth-order valence-corrected chi connectivity index (χ4v) is 4.10. The molecule has 2 rings (SSSR count). The van der Waals surface area contributed by atoms with Crippen LogP contribution in [0.3, 0.4) is 0 Å². The van der Waals surface area contributed by atoms with Gasteiger partial charge in [-0.15, -0.1) is 11.3 Å². The topological polar surface area (TPSA) is 79.3 Å². The van der Waals surface area contributed by atoms with Gasteiger partial charge in [0, 0.05) is 0 Å². The van der Waals surface area contributed by atoms with Crippen LogP contribution in [0.2, 0.25) is 0 Å². The van der Waals surface area contributed by atoms with E-state index in [0.29, 0.717) is 9.35 Å². The summed E-state index contributed by atoms with van der Waals surface area (Å²) in [4.78, 5) is 26.6. The molecule has 0 spiro atoms. The number of rotatable bonds is 3. The van der Waals surface area contributed by atoms with Crippen LogP contribution in [0.1, 0.15) is 20.8 Å². The predicted molar refractivity (Wildman–Crippen MR) is 78.9 cm³/mol. The van der Waals surface area contributed by atoms with Crippen molar-refractivity contribution in [1.82, 2.24) is 4.98 Å². The number of carboxylic acids is 1. The molecule has 0 saturated heterocycles. The molecule has 0 aliphatic heterocycles. The molecule has 0 saturated carbocycles. The van der Waals surface area contributed by atoms with Gasteiger partial charge in [0.2, 0.25) is 0 Å². The number of carbonyl (C=O) groups excluding carboxylic acids is 1. The molecule has 0 fully saturated rings. The Kier molecular flexibility index (Phi) is 4.33. The standard InChI is InChI=1S/C11H6Br2N2O3S/c12-7-4-5(9(13)19-7)10(16)15-8-3-1-2-6(14-8)11(17)18/h1-4H,(H,17,18)(H,14,15,16). The lowest BCUT2D eigenvalue weighted by Crippen LogP contribution is -2.13. The van der Waals surface area contributed by atoms with Crippen molar-refractivity contribution in [2.45, 2.75) is 0 Å². The van der Waals surface area contributed by atoms with Crippen molar-refractivity contribution < 1.29 is 14.7 Å². The number of aromatic carboxylic acids is 1. The van der Waals surface area contributed by atoms with E-state index in [9.17, 15) is 9.59 Å². The summed E-state index contributed by atoms with van der Waals surface area (Å²) in [6, 6.07) is 6.07. The Balaban J connectivity index is 2.21. The molecule has 0 aliphatic rings. The molecule has 2 N–H and O–H groups in total. The SMILES string of the molecule is O=C(O)c1cccc(NC(=O)c2cc(Br)sc2Br)n1. The summed E-state index contributed by atoms with van der Waals surface area (Å²) in [7, 11) is 0. The number of pyridine rings is 1. The lowest BCUT2D eigenvalue weighted by molar-refractivity contribution is 0.0690. The zero-order valence-corrected chi connectivity index (χ0v) is 13.2. The number of nitrogens with one attached hydrogen (secondary N) is 1. The Morgan fingerprint density at radius 3 is 2.63 bits per heavy atom. The molecule has 98 valence electrons. The second-order valence-electron chi connectivity index (χ2n) is 3.41. The molecule has 0 aromatic carbocycles. The number of hydrogen-bond acceptors (Lipinski definition) is 4. The summed E-state index contributed by atoms with van der Waals surface area (Å²) >= 11 is 7.94. The number of hydrogen-bond donors (Lipinski definition) is 2. The highest BCUT2D eigenvalue weighted by Crippen LogP contribution is 2.32. The average Bonchev–Trinajstić information content (AvgIpc) is 2.69. The molecule has 0 bridgehead atoms. The van der Waals surface area contributed by atoms with E-state index in [1.165, 1.54) is 29.5 Å². The van der Waals surface area contributed by atoms with Crippen molar-refractivity contribution in [2.24, 2.45) is 0 Å².